The Hall–Kier alpha value is -2.86. The molecule has 3 rings (SSSR count). The summed E-state index contributed by atoms with van der Waals surface area (Å²) in [6.07, 6.45) is 2.07. The van der Waals surface area contributed by atoms with Gasteiger partial charge in [0.1, 0.15) is 12.4 Å². The minimum atomic E-state index is -0.453. The van der Waals surface area contributed by atoms with E-state index < -0.39 is 5.97 Å². The van der Waals surface area contributed by atoms with E-state index >= 15 is 0 Å². The zero-order chi connectivity index (χ0) is 19.2. The van der Waals surface area contributed by atoms with Crippen LogP contribution in [-0.4, -0.2) is 38.3 Å². The SMILES string of the molecule is COC(=O)c1ccc(C)c(NC(=O)c2ccccc2OCC2CCCO2)c1. The van der Waals surface area contributed by atoms with Crippen molar-refractivity contribution in [2.24, 2.45) is 0 Å². The first-order valence-corrected chi connectivity index (χ1v) is 8.92. The molecule has 0 saturated carbocycles. The molecule has 2 aromatic carbocycles. The molecule has 1 N–H and O–H groups in total. The van der Waals surface area contributed by atoms with Gasteiger partial charge >= 0.3 is 5.97 Å². The van der Waals surface area contributed by atoms with Crippen LogP contribution in [0.5, 0.6) is 5.75 Å². The average molecular weight is 369 g/mol. The molecule has 1 aliphatic rings. The first-order chi connectivity index (χ1) is 13.1. The highest BCUT2D eigenvalue weighted by Gasteiger charge is 2.19. The highest BCUT2D eigenvalue weighted by atomic mass is 16.5. The maximum Gasteiger partial charge on any atom is 0.337 e. The van der Waals surface area contributed by atoms with Gasteiger partial charge in [0.15, 0.2) is 0 Å². The van der Waals surface area contributed by atoms with E-state index in [4.69, 9.17) is 14.2 Å². The Morgan fingerprint density at radius 1 is 1.22 bits per heavy atom. The molecule has 6 nitrogen and oxygen atoms in total. The van der Waals surface area contributed by atoms with Crippen molar-refractivity contribution in [2.45, 2.75) is 25.9 Å². The first kappa shape index (κ1) is 18.9. The lowest BCUT2D eigenvalue weighted by molar-refractivity contribution is 0.0600. The molecule has 6 heteroatoms. The molecule has 1 aliphatic heterocycles. The number of ether oxygens (including phenoxy) is 3. The van der Waals surface area contributed by atoms with Gasteiger partial charge in [-0.3, -0.25) is 4.79 Å². The van der Waals surface area contributed by atoms with E-state index in [1.165, 1.54) is 7.11 Å². The van der Waals surface area contributed by atoms with Crippen molar-refractivity contribution in [2.75, 3.05) is 25.6 Å². The maximum atomic E-state index is 12.8. The largest absolute Gasteiger partial charge is 0.490 e. The Balaban J connectivity index is 1.75. The lowest BCUT2D eigenvalue weighted by atomic mass is 10.1. The van der Waals surface area contributed by atoms with Crippen molar-refractivity contribution in [3.05, 3.63) is 59.2 Å². The number of carbonyl (C=O) groups is 2. The number of hydrogen-bond acceptors (Lipinski definition) is 5. The number of rotatable bonds is 6. The first-order valence-electron chi connectivity index (χ1n) is 8.92. The van der Waals surface area contributed by atoms with E-state index in [2.05, 4.69) is 5.32 Å². The van der Waals surface area contributed by atoms with Gasteiger partial charge < -0.3 is 19.5 Å². The van der Waals surface area contributed by atoms with E-state index in [0.717, 1.165) is 25.0 Å². The van der Waals surface area contributed by atoms with Gasteiger partial charge in [-0.1, -0.05) is 18.2 Å². The standard InChI is InChI=1S/C21H23NO5/c1-14-9-10-15(21(24)25-2)12-18(14)22-20(23)17-7-3-4-8-19(17)27-13-16-6-5-11-26-16/h3-4,7-10,12,16H,5-6,11,13H2,1-2H3,(H,22,23). The third-order valence-electron chi connectivity index (χ3n) is 4.49. The van der Waals surface area contributed by atoms with Gasteiger partial charge in [0, 0.05) is 12.3 Å². The number of aryl methyl sites for hydroxylation is 1. The molecule has 0 bridgehead atoms. The van der Waals surface area contributed by atoms with Crippen LogP contribution in [0.4, 0.5) is 5.69 Å². The number of para-hydroxylation sites is 1. The Bertz CT molecular complexity index is 827. The second kappa shape index (κ2) is 8.68. The predicted molar refractivity (Wildman–Crippen MR) is 101 cm³/mol. The fraction of sp³-hybridized carbons (Fsp3) is 0.333. The Morgan fingerprint density at radius 3 is 2.78 bits per heavy atom. The number of methoxy groups -OCH3 is 1. The van der Waals surface area contributed by atoms with Crippen LogP contribution in [0.1, 0.15) is 39.1 Å². The summed E-state index contributed by atoms with van der Waals surface area (Å²) in [5.74, 6) is -0.249. The van der Waals surface area contributed by atoms with Gasteiger partial charge in [-0.05, 0) is 49.6 Å². The minimum Gasteiger partial charge on any atom is -0.490 e. The predicted octanol–water partition coefficient (Wildman–Crippen LogP) is 3.59. The summed E-state index contributed by atoms with van der Waals surface area (Å²) < 4.78 is 16.1. The molecule has 1 unspecified atom stereocenters. The molecule has 0 aliphatic carbocycles. The van der Waals surface area contributed by atoms with Gasteiger partial charge in [0.2, 0.25) is 0 Å². The quantitative estimate of drug-likeness (QED) is 0.788. The lowest BCUT2D eigenvalue weighted by Crippen LogP contribution is -2.19. The Morgan fingerprint density at radius 2 is 2.04 bits per heavy atom. The summed E-state index contributed by atoms with van der Waals surface area (Å²) in [5.41, 5.74) is 2.20. The number of hydrogen-bond donors (Lipinski definition) is 1. The number of esters is 1. The zero-order valence-electron chi connectivity index (χ0n) is 15.5. The van der Waals surface area contributed by atoms with E-state index in [1.54, 1.807) is 36.4 Å². The van der Waals surface area contributed by atoms with E-state index in [0.29, 0.717) is 29.2 Å². The molecule has 1 atom stereocenters. The smallest absolute Gasteiger partial charge is 0.337 e. The average Bonchev–Trinajstić information content (AvgIpc) is 3.21. The highest BCUT2D eigenvalue weighted by molar-refractivity contribution is 6.07. The molecule has 1 fully saturated rings. The summed E-state index contributed by atoms with van der Waals surface area (Å²) in [6.45, 7) is 3.03. The molecule has 1 heterocycles. The fourth-order valence-electron chi connectivity index (χ4n) is 2.93. The number of carbonyl (C=O) groups excluding carboxylic acids is 2. The maximum absolute atomic E-state index is 12.8. The second-order valence-electron chi connectivity index (χ2n) is 6.42. The minimum absolute atomic E-state index is 0.0695. The van der Waals surface area contributed by atoms with Crippen molar-refractivity contribution < 1.29 is 23.8 Å². The van der Waals surface area contributed by atoms with Crippen molar-refractivity contribution in [3.63, 3.8) is 0 Å². The van der Waals surface area contributed by atoms with Crippen LogP contribution in [0.2, 0.25) is 0 Å². The topological polar surface area (TPSA) is 73.9 Å². The molecular weight excluding hydrogens is 346 g/mol. The highest BCUT2D eigenvalue weighted by Crippen LogP contribution is 2.23. The number of nitrogens with one attached hydrogen (secondary N) is 1. The van der Waals surface area contributed by atoms with Crippen molar-refractivity contribution in [1.29, 1.82) is 0 Å². The number of benzene rings is 2. The Labute approximate surface area is 158 Å². The summed E-state index contributed by atoms with van der Waals surface area (Å²) >= 11 is 0. The summed E-state index contributed by atoms with van der Waals surface area (Å²) in [5, 5.41) is 2.86. The number of anilines is 1. The molecule has 1 amide bonds. The van der Waals surface area contributed by atoms with Gasteiger partial charge in [0.05, 0.1) is 24.3 Å². The molecule has 27 heavy (non-hydrogen) atoms. The molecule has 2 aromatic rings. The summed E-state index contributed by atoms with van der Waals surface area (Å²) in [4.78, 5) is 24.5. The summed E-state index contributed by atoms with van der Waals surface area (Å²) in [7, 11) is 1.32. The lowest BCUT2D eigenvalue weighted by Gasteiger charge is -2.15. The third kappa shape index (κ3) is 4.65. The van der Waals surface area contributed by atoms with Crippen molar-refractivity contribution in [3.8, 4) is 5.75 Å². The van der Waals surface area contributed by atoms with Crippen LogP contribution < -0.4 is 10.1 Å². The van der Waals surface area contributed by atoms with Crippen LogP contribution in [-0.2, 0) is 9.47 Å². The third-order valence-corrected chi connectivity index (χ3v) is 4.49. The molecule has 0 radical (unpaired) electrons. The molecule has 1 saturated heterocycles. The van der Waals surface area contributed by atoms with Gasteiger partial charge in [-0.25, -0.2) is 4.79 Å². The Kier molecular flexibility index (Phi) is 6.08. The number of amides is 1. The van der Waals surface area contributed by atoms with Gasteiger partial charge in [-0.15, -0.1) is 0 Å². The van der Waals surface area contributed by atoms with Gasteiger partial charge in [-0.2, -0.15) is 0 Å². The normalized spacial score (nSPS) is 16.0. The van der Waals surface area contributed by atoms with Crippen molar-refractivity contribution in [1.82, 2.24) is 0 Å². The van der Waals surface area contributed by atoms with E-state index in [-0.39, 0.29) is 12.0 Å². The van der Waals surface area contributed by atoms with Crippen LogP contribution in [0.15, 0.2) is 42.5 Å². The van der Waals surface area contributed by atoms with Crippen LogP contribution in [0, 0.1) is 6.92 Å². The second-order valence-corrected chi connectivity index (χ2v) is 6.42. The van der Waals surface area contributed by atoms with Crippen molar-refractivity contribution >= 4 is 17.6 Å². The molecule has 0 aromatic heterocycles. The van der Waals surface area contributed by atoms with Crippen LogP contribution >= 0.6 is 0 Å². The summed E-state index contributed by atoms with van der Waals surface area (Å²) in [6, 6.07) is 12.1. The monoisotopic (exact) mass is 369 g/mol. The van der Waals surface area contributed by atoms with Crippen LogP contribution in [0.25, 0.3) is 0 Å². The molecule has 0 spiro atoms. The van der Waals surface area contributed by atoms with E-state index in [1.807, 2.05) is 13.0 Å². The van der Waals surface area contributed by atoms with E-state index in [9.17, 15) is 9.59 Å². The van der Waals surface area contributed by atoms with Crippen LogP contribution in [0.3, 0.4) is 0 Å². The molecule has 142 valence electrons. The zero-order valence-corrected chi connectivity index (χ0v) is 15.5. The fourth-order valence-corrected chi connectivity index (χ4v) is 2.93. The van der Waals surface area contributed by atoms with Gasteiger partial charge in [0.25, 0.3) is 5.91 Å². The molecular formula is C21H23NO5.